The van der Waals surface area contributed by atoms with Gasteiger partial charge in [-0.25, -0.2) is 4.98 Å². The fourth-order valence-electron chi connectivity index (χ4n) is 1.69. The Balaban J connectivity index is 2.07. The van der Waals surface area contributed by atoms with E-state index in [1.54, 1.807) is 26.4 Å². The van der Waals surface area contributed by atoms with Gasteiger partial charge in [0, 0.05) is 6.54 Å². The molecule has 19 heavy (non-hydrogen) atoms. The van der Waals surface area contributed by atoms with Gasteiger partial charge in [0.05, 0.1) is 14.2 Å². The van der Waals surface area contributed by atoms with Gasteiger partial charge in [-0.1, -0.05) is 12.1 Å². The molecule has 0 amide bonds. The van der Waals surface area contributed by atoms with Crippen molar-refractivity contribution >= 4 is 5.82 Å². The zero-order valence-electron chi connectivity index (χ0n) is 10.8. The highest BCUT2D eigenvalue weighted by Crippen LogP contribution is 2.27. The number of ether oxygens (including phenoxy) is 2. The number of nitrogens with zero attached hydrogens (tertiary/aromatic N) is 1. The lowest BCUT2D eigenvalue weighted by Crippen LogP contribution is -2.02. The SMILES string of the molecule is COc1ccc(CNc2cccc(F)n2)cc1OC. The number of aromatic nitrogens is 1. The first-order chi connectivity index (χ1) is 9.22. The summed E-state index contributed by atoms with van der Waals surface area (Å²) in [5.41, 5.74) is 0.990. The van der Waals surface area contributed by atoms with Crippen LogP contribution >= 0.6 is 0 Å². The van der Waals surface area contributed by atoms with Crippen molar-refractivity contribution in [3.05, 3.63) is 47.9 Å². The first-order valence-electron chi connectivity index (χ1n) is 5.80. The molecular formula is C14H15FN2O2. The minimum absolute atomic E-state index is 0.495. The molecule has 0 spiro atoms. The van der Waals surface area contributed by atoms with E-state index in [0.29, 0.717) is 23.9 Å². The lowest BCUT2D eigenvalue weighted by molar-refractivity contribution is 0.354. The molecule has 100 valence electrons. The summed E-state index contributed by atoms with van der Waals surface area (Å²) in [5.74, 6) is 1.33. The van der Waals surface area contributed by atoms with E-state index in [2.05, 4.69) is 10.3 Å². The number of benzene rings is 1. The Hall–Kier alpha value is -2.30. The van der Waals surface area contributed by atoms with Crippen LogP contribution in [0, 0.1) is 5.95 Å². The molecule has 0 aliphatic heterocycles. The van der Waals surface area contributed by atoms with E-state index in [1.807, 2.05) is 18.2 Å². The number of pyridine rings is 1. The van der Waals surface area contributed by atoms with Gasteiger partial charge in [0.15, 0.2) is 11.5 Å². The Labute approximate surface area is 111 Å². The van der Waals surface area contributed by atoms with Crippen LogP contribution in [0.15, 0.2) is 36.4 Å². The Morgan fingerprint density at radius 1 is 1.11 bits per heavy atom. The van der Waals surface area contributed by atoms with Crippen molar-refractivity contribution in [3.8, 4) is 11.5 Å². The molecule has 1 heterocycles. The van der Waals surface area contributed by atoms with Crippen LogP contribution in [0.3, 0.4) is 0 Å². The lowest BCUT2D eigenvalue weighted by Gasteiger charge is -2.10. The number of nitrogens with one attached hydrogen (secondary N) is 1. The second-order valence-electron chi connectivity index (χ2n) is 3.89. The van der Waals surface area contributed by atoms with Gasteiger partial charge in [0.25, 0.3) is 0 Å². The second-order valence-corrected chi connectivity index (χ2v) is 3.89. The van der Waals surface area contributed by atoms with Crippen molar-refractivity contribution in [2.45, 2.75) is 6.54 Å². The summed E-state index contributed by atoms with van der Waals surface area (Å²) in [6.45, 7) is 0.525. The topological polar surface area (TPSA) is 43.4 Å². The molecule has 0 saturated carbocycles. The maximum atomic E-state index is 12.9. The van der Waals surface area contributed by atoms with E-state index in [-0.39, 0.29) is 0 Å². The average molecular weight is 262 g/mol. The van der Waals surface area contributed by atoms with Crippen LogP contribution in [0.2, 0.25) is 0 Å². The van der Waals surface area contributed by atoms with Crippen LogP contribution in [0.25, 0.3) is 0 Å². The highest BCUT2D eigenvalue weighted by molar-refractivity contribution is 5.44. The molecule has 1 aromatic carbocycles. The fourth-order valence-corrected chi connectivity index (χ4v) is 1.69. The molecule has 0 atom stereocenters. The van der Waals surface area contributed by atoms with Crippen molar-refractivity contribution in [1.82, 2.24) is 4.98 Å². The molecular weight excluding hydrogens is 247 g/mol. The summed E-state index contributed by atoms with van der Waals surface area (Å²) in [4.78, 5) is 3.73. The number of rotatable bonds is 5. The minimum Gasteiger partial charge on any atom is -0.493 e. The molecule has 0 radical (unpaired) electrons. The van der Waals surface area contributed by atoms with Gasteiger partial charge in [0.1, 0.15) is 5.82 Å². The third kappa shape index (κ3) is 3.34. The summed E-state index contributed by atoms with van der Waals surface area (Å²) < 4.78 is 23.3. The Bertz CT molecular complexity index is 561. The van der Waals surface area contributed by atoms with Gasteiger partial charge in [-0.05, 0) is 29.8 Å². The zero-order valence-corrected chi connectivity index (χ0v) is 10.8. The summed E-state index contributed by atoms with van der Waals surface area (Å²) >= 11 is 0. The molecule has 0 unspecified atom stereocenters. The third-order valence-electron chi connectivity index (χ3n) is 2.64. The Morgan fingerprint density at radius 2 is 1.89 bits per heavy atom. The Morgan fingerprint density at radius 3 is 2.58 bits per heavy atom. The largest absolute Gasteiger partial charge is 0.493 e. The minimum atomic E-state index is -0.502. The van der Waals surface area contributed by atoms with Crippen LogP contribution < -0.4 is 14.8 Å². The van der Waals surface area contributed by atoms with Crippen LogP contribution in [0.5, 0.6) is 11.5 Å². The fraction of sp³-hybridized carbons (Fsp3) is 0.214. The quantitative estimate of drug-likeness (QED) is 0.841. The predicted octanol–water partition coefficient (Wildman–Crippen LogP) is 2.85. The van der Waals surface area contributed by atoms with Crippen molar-refractivity contribution < 1.29 is 13.9 Å². The maximum absolute atomic E-state index is 12.9. The first kappa shape index (κ1) is 13.1. The monoisotopic (exact) mass is 262 g/mol. The van der Waals surface area contributed by atoms with E-state index in [9.17, 15) is 4.39 Å². The number of halogens is 1. The van der Waals surface area contributed by atoms with Gasteiger partial charge in [-0.15, -0.1) is 0 Å². The molecule has 0 aliphatic carbocycles. The number of hydrogen-bond acceptors (Lipinski definition) is 4. The molecule has 0 saturated heterocycles. The third-order valence-corrected chi connectivity index (χ3v) is 2.64. The molecule has 1 N–H and O–H groups in total. The molecule has 5 heteroatoms. The molecule has 2 rings (SSSR count). The van der Waals surface area contributed by atoms with Crippen molar-refractivity contribution in [1.29, 1.82) is 0 Å². The standard InChI is InChI=1S/C14H15FN2O2/c1-18-11-7-6-10(8-12(11)19-2)9-16-14-5-3-4-13(15)17-14/h3-8H,9H2,1-2H3,(H,16,17). The highest BCUT2D eigenvalue weighted by Gasteiger charge is 2.04. The van der Waals surface area contributed by atoms with E-state index in [1.165, 1.54) is 6.07 Å². The van der Waals surface area contributed by atoms with Crippen molar-refractivity contribution in [3.63, 3.8) is 0 Å². The van der Waals surface area contributed by atoms with Gasteiger partial charge in [0.2, 0.25) is 5.95 Å². The summed E-state index contributed by atoms with van der Waals surface area (Å²) in [5, 5.41) is 3.04. The van der Waals surface area contributed by atoms with Gasteiger partial charge in [-0.3, -0.25) is 0 Å². The number of methoxy groups -OCH3 is 2. The smallest absolute Gasteiger partial charge is 0.214 e. The maximum Gasteiger partial charge on any atom is 0.214 e. The number of anilines is 1. The second kappa shape index (κ2) is 6.04. The van der Waals surface area contributed by atoms with Crippen molar-refractivity contribution in [2.75, 3.05) is 19.5 Å². The van der Waals surface area contributed by atoms with Crippen LogP contribution in [-0.2, 0) is 6.54 Å². The predicted molar refractivity (Wildman–Crippen MR) is 71.1 cm³/mol. The van der Waals surface area contributed by atoms with Crippen LogP contribution in [0.4, 0.5) is 10.2 Å². The molecule has 2 aromatic rings. The Kier molecular flexibility index (Phi) is 4.18. The number of hydrogen-bond donors (Lipinski definition) is 1. The highest BCUT2D eigenvalue weighted by atomic mass is 19.1. The van der Waals surface area contributed by atoms with Crippen molar-refractivity contribution in [2.24, 2.45) is 0 Å². The first-order valence-corrected chi connectivity index (χ1v) is 5.80. The summed E-state index contributed by atoms with van der Waals surface area (Å²) in [7, 11) is 3.18. The summed E-state index contributed by atoms with van der Waals surface area (Å²) in [6, 6.07) is 10.2. The average Bonchev–Trinajstić information content (AvgIpc) is 2.45. The van der Waals surface area contributed by atoms with Gasteiger partial charge < -0.3 is 14.8 Å². The molecule has 0 fully saturated rings. The van der Waals surface area contributed by atoms with E-state index < -0.39 is 5.95 Å². The van der Waals surface area contributed by atoms with Gasteiger partial charge >= 0.3 is 0 Å². The van der Waals surface area contributed by atoms with Crippen LogP contribution in [-0.4, -0.2) is 19.2 Å². The van der Waals surface area contributed by atoms with E-state index in [4.69, 9.17) is 9.47 Å². The van der Waals surface area contributed by atoms with E-state index >= 15 is 0 Å². The summed E-state index contributed by atoms with van der Waals surface area (Å²) in [6.07, 6.45) is 0. The van der Waals surface area contributed by atoms with Crippen LogP contribution in [0.1, 0.15) is 5.56 Å². The lowest BCUT2D eigenvalue weighted by atomic mass is 10.2. The molecule has 0 aliphatic rings. The molecule has 4 nitrogen and oxygen atoms in total. The normalized spacial score (nSPS) is 10.1. The van der Waals surface area contributed by atoms with Gasteiger partial charge in [-0.2, -0.15) is 4.39 Å². The molecule has 1 aromatic heterocycles. The molecule has 0 bridgehead atoms. The van der Waals surface area contributed by atoms with E-state index in [0.717, 1.165) is 5.56 Å². The zero-order chi connectivity index (χ0) is 13.7.